The average Bonchev–Trinajstić information content (AvgIpc) is 2.96. The Morgan fingerprint density at radius 3 is 2.11 bits per heavy atom. The van der Waals surface area contributed by atoms with Crippen LogP contribution in [0.5, 0.6) is 11.5 Å². The summed E-state index contributed by atoms with van der Waals surface area (Å²) in [6.07, 6.45) is 0. The minimum atomic E-state index is -0.896. The molecule has 2 amide bonds. The summed E-state index contributed by atoms with van der Waals surface area (Å²) < 4.78 is 11.0. The maximum atomic E-state index is 13.7. The summed E-state index contributed by atoms with van der Waals surface area (Å²) in [5.41, 5.74) is 2.32. The van der Waals surface area contributed by atoms with Crippen molar-refractivity contribution in [2.45, 2.75) is 19.1 Å². The highest BCUT2D eigenvalue weighted by molar-refractivity contribution is 6.31. The second kappa shape index (κ2) is 13.3. The van der Waals surface area contributed by atoms with E-state index in [1.807, 2.05) is 91.0 Å². The van der Waals surface area contributed by atoms with E-state index in [1.165, 1.54) is 0 Å². The van der Waals surface area contributed by atoms with Gasteiger partial charge in [-0.25, -0.2) is 0 Å². The number of ether oxygens (including phenoxy) is 2. The summed E-state index contributed by atoms with van der Waals surface area (Å²) in [6.45, 7) is 0.203. The monoisotopic (exact) mass is 528 g/mol. The van der Waals surface area contributed by atoms with Crippen LogP contribution in [0, 0.1) is 0 Å². The first-order valence-electron chi connectivity index (χ1n) is 12.2. The number of hydrogen-bond acceptors (Lipinski definition) is 4. The molecule has 0 aliphatic carbocycles. The van der Waals surface area contributed by atoms with Crippen LogP contribution in [0.25, 0.3) is 0 Å². The zero-order chi connectivity index (χ0) is 26.7. The number of halogens is 1. The van der Waals surface area contributed by atoms with Gasteiger partial charge in [-0.1, -0.05) is 90.5 Å². The maximum Gasteiger partial charge on any atom is 0.261 e. The number of para-hydroxylation sites is 1. The molecule has 1 N–H and O–H groups in total. The van der Waals surface area contributed by atoms with Crippen LogP contribution in [0.15, 0.2) is 109 Å². The lowest BCUT2D eigenvalue weighted by Gasteiger charge is -2.31. The molecule has 7 heteroatoms. The Morgan fingerprint density at radius 1 is 0.816 bits per heavy atom. The molecular weight excluding hydrogens is 500 g/mol. The smallest absolute Gasteiger partial charge is 0.261 e. The number of amides is 2. The Morgan fingerprint density at radius 2 is 1.45 bits per heavy atom. The van der Waals surface area contributed by atoms with Crippen molar-refractivity contribution in [2.24, 2.45) is 0 Å². The highest BCUT2D eigenvalue weighted by Gasteiger charge is 2.32. The predicted molar refractivity (Wildman–Crippen MR) is 148 cm³/mol. The third-order valence-corrected chi connectivity index (χ3v) is 6.39. The van der Waals surface area contributed by atoms with E-state index in [9.17, 15) is 9.59 Å². The van der Waals surface area contributed by atoms with Crippen LogP contribution in [0.4, 0.5) is 0 Å². The second-order valence-electron chi connectivity index (χ2n) is 8.59. The molecule has 194 valence electrons. The first kappa shape index (κ1) is 26.8. The molecule has 4 aromatic rings. The summed E-state index contributed by atoms with van der Waals surface area (Å²) in [5, 5.41) is 3.54. The maximum absolute atomic E-state index is 13.7. The molecule has 4 aromatic carbocycles. The molecule has 0 fully saturated rings. The van der Waals surface area contributed by atoms with Crippen molar-refractivity contribution in [2.75, 3.05) is 13.7 Å². The normalized spacial score (nSPS) is 11.3. The van der Waals surface area contributed by atoms with Gasteiger partial charge in [-0.3, -0.25) is 9.59 Å². The predicted octanol–water partition coefficient (Wildman–Crippen LogP) is 5.81. The minimum absolute atomic E-state index is 0.194. The molecule has 0 spiro atoms. The van der Waals surface area contributed by atoms with E-state index in [4.69, 9.17) is 21.1 Å². The van der Waals surface area contributed by atoms with Crippen molar-refractivity contribution in [1.29, 1.82) is 0 Å². The molecule has 0 saturated carbocycles. The SMILES string of the molecule is COc1ccc(CN(C(=O)COc2ccccc2)[C@@H](C(=O)NCc2ccccc2Cl)c2ccccc2)cc1. The summed E-state index contributed by atoms with van der Waals surface area (Å²) >= 11 is 6.31. The lowest BCUT2D eigenvalue weighted by atomic mass is 10.0. The standard InChI is InChI=1S/C31H29ClN2O4/c1-37-26-18-16-23(17-19-26)21-34(29(35)22-38-27-13-6-3-7-14-27)30(24-10-4-2-5-11-24)31(36)33-20-25-12-8-9-15-28(25)32/h2-19,30H,20-22H2,1H3,(H,33,36)/t30-/m1/s1. The van der Waals surface area contributed by atoms with E-state index in [0.717, 1.165) is 11.1 Å². The molecule has 4 rings (SSSR count). The number of hydrogen-bond donors (Lipinski definition) is 1. The zero-order valence-corrected chi connectivity index (χ0v) is 21.8. The van der Waals surface area contributed by atoms with E-state index >= 15 is 0 Å². The fraction of sp³-hybridized carbons (Fsp3) is 0.161. The molecular formula is C31H29ClN2O4. The van der Waals surface area contributed by atoms with Crippen LogP contribution in [0.2, 0.25) is 5.02 Å². The summed E-state index contributed by atoms with van der Waals surface area (Å²) in [5.74, 6) is 0.630. The Labute approximate surface area is 227 Å². The summed E-state index contributed by atoms with van der Waals surface area (Å²) in [7, 11) is 1.60. The highest BCUT2D eigenvalue weighted by atomic mass is 35.5. The fourth-order valence-electron chi connectivity index (χ4n) is 4.02. The van der Waals surface area contributed by atoms with E-state index < -0.39 is 6.04 Å². The van der Waals surface area contributed by atoms with Gasteiger partial charge in [0.05, 0.1) is 7.11 Å². The lowest BCUT2D eigenvalue weighted by molar-refractivity contribution is -0.143. The number of methoxy groups -OCH3 is 1. The molecule has 0 heterocycles. The molecule has 0 aliphatic heterocycles. The molecule has 0 unspecified atom stereocenters. The van der Waals surface area contributed by atoms with Crippen LogP contribution < -0.4 is 14.8 Å². The molecule has 38 heavy (non-hydrogen) atoms. The van der Waals surface area contributed by atoms with E-state index in [1.54, 1.807) is 30.2 Å². The zero-order valence-electron chi connectivity index (χ0n) is 21.0. The van der Waals surface area contributed by atoms with Gasteiger partial charge >= 0.3 is 0 Å². The van der Waals surface area contributed by atoms with Gasteiger partial charge in [-0.15, -0.1) is 0 Å². The summed E-state index contributed by atoms with van der Waals surface area (Å²) in [4.78, 5) is 28.9. The van der Waals surface area contributed by atoms with Gasteiger partial charge in [0.2, 0.25) is 5.91 Å². The average molecular weight is 529 g/mol. The quantitative estimate of drug-likeness (QED) is 0.266. The van der Waals surface area contributed by atoms with Crippen LogP contribution in [0.1, 0.15) is 22.7 Å². The van der Waals surface area contributed by atoms with Gasteiger partial charge in [0, 0.05) is 18.1 Å². The summed E-state index contributed by atoms with van der Waals surface area (Å²) in [6, 6.07) is 32.2. The van der Waals surface area contributed by atoms with Crippen molar-refractivity contribution >= 4 is 23.4 Å². The van der Waals surface area contributed by atoms with Crippen LogP contribution in [0.3, 0.4) is 0 Å². The number of carbonyl (C=O) groups excluding carboxylic acids is 2. The Balaban J connectivity index is 1.64. The number of nitrogens with one attached hydrogen (secondary N) is 1. The van der Waals surface area contributed by atoms with Gasteiger partial charge < -0.3 is 19.7 Å². The third-order valence-electron chi connectivity index (χ3n) is 6.02. The Hall–Kier alpha value is -4.29. The van der Waals surface area contributed by atoms with Gasteiger partial charge in [0.15, 0.2) is 6.61 Å². The molecule has 0 bridgehead atoms. The first-order chi connectivity index (χ1) is 18.5. The van der Waals surface area contributed by atoms with E-state index in [2.05, 4.69) is 5.32 Å². The second-order valence-corrected chi connectivity index (χ2v) is 9.00. The third kappa shape index (κ3) is 7.14. The van der Waals surface area contributed by atoms with Crippen LogP contribution >= 0.6 is 11.6 Å². The largest absolute Gasteiger partial charge is 0.497 e. The number of benzene rings is 4. The van der Waals surface area contributed by atoms with Crippen molar-refractivity contribution in [3.05, 3.63) is 131 Å². The minimum Gasteiger partial charge on any atom is -0.497 e. The van der Waals surface area contributed by atoms with Gasteiger partial charge in [0.1, 0.15) is 17.5 Å². The van der Waals surface area contributed by atoms with E-state index in [0.29, 0.717) is 22.1 Å². The van der Waals surface area contributed by atoms with Crippen LogP contribution in [-0.2, 0) is 22.7 Å². The van der Waals surface area contributed by atoms with Gasteiger partial charge in [-0.05, 0) is 47.0 Å². The Bertz CT molecular complexity index is 1330. The molecule has 0 radical (unpaired) electrons. The molecule has 0 saturated heterocycles. The number of nitrogens with zero attached hydrogens (tertiary/aromatic N) is 1. The van der Waals surface area contributed by atoms with Crippen molar-refractivity contribution in [1.82, 2.24) is 10.2 Å². The van der Waals surface area contributed by atoms with Crippen LogP contribution in [-0.4, -0.2) is 30.4 Å². The first-order valence-corrected chi connectivity index (χ1v) is 12.6. The van der Waals surface area contributed by atoms with Crippen molar-refractivity contribution in [3.8, 4) is 11.5 Å². The Kier molecular flexibility index (Phi) is 9.37. The molecule has 0 aliphatic rings. The molecule has 6 nitrogen and oxygen atoms in total. The van der Waals surface area contributed by atoms with Gasteiger partial charge in [-0.2, -0.15) is 0 Å². The topological polar surface area (TPSA) is 67.9 Å². The van der Waals surface area contributed by atoms with Crippen molar-refractivity contribution in [3.63, 3.8) is 0 Å². The van der Waals surface area contributed by atoms with Gasteiger partial charge in [0.25, 0.3) is 5.91 Å². The fourth-order valence-corrected chi connectivity index (χ4v) is 4.23. The number of rotatable bonds is 11. The lowest BCUT2D eigenvalue weighted by Crippen LogP contribution is -2.45. The highest BCUT2D eigenvalue weighted by Crippen LogP contribution is 2.26. The van der Waals surface area contributed by atoms with Crippen molar-refractivity contribution < 1.29 is 19.1 Å². The molecule has 0 aromatic heterocycles. The molecule has 1 atom stereocenters. The van der Waals surface area contributed by atoms with E-state index in [-0.39, 0.29) is 31.5 Å². The number of carbonyl (C=O) groups is 2.